The number of rotatable bonds is 5. The van der Waals surface area contributed by atoms with Crippen LogP contribution in [0.4, 0.5) is 30.4 Å². The van der Waals surface area contributed by atoms with E-state index in [-0.39, 0.29) is 23.8 Å². The highest BCUT2D eigenvalue weighted by atomic mass is 32.2. The van der Waals surface area contributed by atoms with Crippen LogP contribution in [0.5, 0.6) is 0 Å². The molecule has 10 nitrogen and oxygen atoms in total. The number of carbonyl (C=O) groups is 2. The fourth-order valence-electron chi connectivity index (χ4n) is 6.25. The van der Waals surface area contributed by atoms with Crippen LogP contribution in [0.3, 0.4) is 0 Å². The molecule has 2 saturated heterocycles. The van der Waals surface area contributed by atoms with Crippen molar-refractivity contribution >= 4 is 39.0 Å². The van der Waals surface area contributed by atoms with E-state index in [9.17, 15) is 31.2 Å². The number of hydrogen-bond donors (Lipinski definition) is 0. The zero-order chi connectivity index (χ0) is 30.6. The molecule has 1 aromatic heterocycles. The highest BCUT2D eigenvalue weighted by Crippen LogP contribution is 2.41. The fraction of sp³-hybridized carbons (Fsp3) is 0.536. The van der Waals surface area contributed by atoms with Crippen molar-refractivity contribution in [2.24, 2.45) is 5.92 Å². The number of para-hydroxylation sites is 1. The van der Waals surface area contributed by atoms with Crippen LogP contribution in [-0.2, 0) is 25.8 Å². The molecular weight excluding hydrogens is 573 g/mol. The number of benzene rings is 1. The number of carbonyl (C=O) groups excluding carboxylic acids is 2. The number of aryl methyl sites for hydroxylation is 2. The van der Waals surface area contributed by atoms with Crippen molar-refractivity contribution in [1.29, 1.82) is 0 Å². The van der Waals surface area contributed by atoms with Gasteiger partial charge in [-0.1, -0.05) is 12.1 Å². The maximum Gasteiger partial charge on any atom is 0.416 e. The van der Waals surface area contributed by atoms with Crippen molar-refractivity contribution in [2.75, 3.05) is 73.8 Å². The van der Waals surface area contributed by atoms with E-state index >= 15 is 0 Å². The van der Waals surface area contributed by atoms with Gasteiger partial charge >= 0.3 is 6.18 Å². The standard InChI is InChI=1S/C28H35F3N6O4S/c1-18-6-5-7-22-25(18)35(11-8-34-9-12-36(13-10-34)42(4,40)41)17-20-15-24(38)37(26(20)27(39)33(22)3)23-16-21(28(29,30)31)14-19(2)32-23/h5-7,14,16,20,26H,8-13,15,17H2,1-4H3/t20-,26+/m1/s1. The van der Waals surface area contributed by atoms with Crippen LogP contribution in [0, 0.1) is 19.8 Å². The molecule has 5 rings (SSSR count). The SMILES string of the molecule is Cc1cc(C(F)(F)F)cc(N2C(=O)C[C@@H]3CN(CCN4CCN(S(C)(=O)=O)CC4)c4c(C)cccc4N(C)C(=O)[C@H]32)n1. The smallest absolute Gasteiger partial charge is 0.368 e. The van der Waals surface area contributed by atoms with Crippen LogP contribution in [0.1, 0.15) is 23.2 Å². The first-order chi connectivity index (χ1) is 19.6. The monoisotopic (exact) mass is 608 g/mol. The zero-order valence-electron chi connectivity index (χ0n) is 24.1. The molecule has 2 aromatic rings. The van der Waals surface area contributed by atoms with Crippen molar-refractivity contribution in [3.8, 4) is 0 Å². The molecule has 14 heteroatoms. The second-order valence-corrected chi connectivity index (χ2v) is 13.3. The lowest BCUT2D eigenvalue weighted by Gasteiger charge is -2.41. The number of nitrogens with zero attached hydrogens (tertiary/aromatic N) is 6. The van der Waals surface area contributed by atoms with E-state index in [1.54, 1.807) is 7.05 Å². The van der Waals surface area contributed by atoms with E-state index in [1.807, 2.05) is 25.1 Å². The molecule has 1 aromatic carbocycles. The molecule has 2 fully saturated rings. The lowest BCUT2D eigenvalue weighted by Crippen LogP contribution is -2.54. The Morgan fingerprint density at radius 2 is 1.71 bits per heavy atom. The van der Waals surface area contributed by atoms with E-state index in [2.05, 4.69) is 14.8 Å². The zero-order valence-corrected chi connectivity index (χ0v) is 24.9. The number of anilines is 3. The third kappa shape index (κ3) is 5.84. The number of fused-ring (bicyclic) bond motifs is 2. The second kappa shape index (κ2) is 11.1. The van der Waals surface area contributed by atoms with Crippen LogP contribution in [0.15, 0.2) is 30.3 Å². The summed E-state index contributed by atoms with van der Waals surface area (Å²) in [5.74, 6) is -1.50. The summed E-state index contributed by atoms with van der Waals surface area (Å²) in [7, 11) is -1.63. The quantitative estimate of drug-likeness (QED) is 0.515. The van der Waals surface area contributed by atoms with Gasteiger partial charge in [-0.2, -0.15) is 17.5 Å². The molecule has 0 saturated carbocycles. The van der Waals surface area contributed by atoms with Crippen molar-refractivity contribution < 1.29 is 31.2 Å². The second-order valence-electron chi connectivity index (χ2n) is 11.3. The molecular formula is C28H35F3N6O4S. The van der Waals surface area contributed by atoms with E-state index < -0.39 is 39.6 Å². The molecule has 0 unspecified atom stereocenters. The summed E-state index contributed by atoms with van der Waals surface area (Å²) in [5.41, 5.74) is 1.63. The number of amides is 2. The Morgan fingerprint density at radius 3 is 2.36 bits per heavy atom. The minimum absolute atomic E-state index is 0.00797. The Hall–Kier alpha value is -3.23. The average Bonchev–Trinajstić information content (AvgIpc) is 3.23. The summed E-state index contributed by atoms with van der Waals surface area (Å²) in [5, 5.41) is 0. The minimum atomic E-state index is -4.63. The van der Waals surface area contributed by atoms with Crippen molar-refractivity contribution in [1.82, 2.24) is 14.2 Å². The van der Waals surface area contributed by atoms with Crippen LogP contribution in [-0.4, -0.2) is 99.6 Å². The van der Waals surface area contributed by atoms with Crippen LogP contribution in [0.25, 0.3) is 0 Å². The Labute approximate surface area is 243 Å². The average molecular weight is 609 g/mol. The Balaban J connectivity index is 1.47. The first-order valence-electron chi connectivity index (χ1n) is 13.8. The topological polar surface area (TPSA) is 97.4 Å². The Kier molecular flexibility index (Phi) is 8.00. The number of alkyl halides is 3. The minimum Gasteiger partial charge on any atom is -0.368 e. The highest BCUT2D eigenvalue weighted by molar-refractivity contribution is 7.88. The molecule has 0 radical (unpaired) electrons. The molecule has 3 aliphatic rings. The van der Waals surface area contributed by atoms with Gasteiger partial charge in [0.1, 0.15) is 11.9 Å². The van der Waals surface area contributed by atoms with E-state index in [0.717, 1.165) is 28.3 Å². The number of hydrogen-bond acceptors (Lipinski definition) is 7. The van der Waals surface area contributed by atoms with Gasteiger partial charge in [-0.15, -0.1) is 0 Å². The predicted molar refractivity (Wildman–Crippen MR) is 153 cm³/mol. The molecule has 228 valence electrons. The first-order valence-corrected chi connectivity index (χ1v) is 15.7. The summed E-state index contributed by atoms with van der Waals surface area (Å²) >= 11 is 0. The van der Waals surface area contributed by atoms with Crippen molar-refractivity contribution in [2.45, 2.75) is 32.5 Å². The van der Waals surface area contributed by atoms with Gasteiger partial charge < -0.3 is 9.80 Å². The molecule has 0 spiro atoms. The van der Waals surface area contributed by atoms with Gasteiger partial charge in [-0.05, 0) is 37.6 Å². The maximum absolute atomic E-state index is 14.0. The van der Waals surface area contributed by atoms with Gasteiger partial charge in [0.05, 0.1) is 23.2 Å². The molecule has 4 heterocycles. The molecule has 3 aliphatic heterocycles. The number of halogens is 3. The Bertz CT molecular complexity index is 1490. The van der Waals surface area contributed by atoms with Gasteiger partial charge in [-0.3, -0.25) is 19.4 Å². The molecule has 42 heavy (non-hydrogen) atoms. The van der Waals surface area contributed by atoms with Gasteiger partial charge in [0.15, 0.2) is 0 Å². The molecule has 2 amide bonds. The van der Waals surface area contributed by atoms with Crippen LogP contribution < -0.4 is 14.7 Å². The van der Waals surface area contributed by atoms with Gasteiger partial charge in [-0.25, -0.2) is 13.4 Å². The highest BCUT2D eigenvalue weighted by Gasteiger charge is 2.49. The molecule has 0 bridgehead atoms. The number of pyridine rings is 1. The van der Waals surface area contributed by atoms with Gasteiger partial charge in [0.25, 0.3) is 0 Å². The third-order valence-corrected chi connectivity index (χ3v) is 9.67. The lowest BCUT2D eigenvalue weighted by atomic mass is 9.95. The Morgan fingerprint density at radius 1 is 1.02 bits per heavy atom. The first kappa shape index (κ1) is 30.2. The molecule has 0 N–H and O–H groups in total. The summed E-state index contributed by atoms with van der Waals surface area (Å²) in [6.45, 7) is 6.88. The third-order valence-electron chi connectivity index (χ3n) is 8.36. The van der Waals surface area contributed by atoms with Crippen molar-refractivity contribution in [3.05, 3.63) is 47.2 Å². The summed E-state index contributed by atoms with van der Waals surface area (Å²) in [6, 6.07) is 6.36. The summed E-state index contributed by atoms with van der Waals surface area (Å²) in [6.07, 6.45) is -3.43. The van der Waals surface area contributed by atoms with Crippen molar-refractivity contribution in [3.63, 3.8) is 0 Å². The fourth-order valence-corrected chi connectivity index (χ4v) is 7.08. The molecule has 0 aliphatic carbocycles. The van der Waals surface area contributed by atoms with Crippen LogP contribution >= 0.6 is 0 Å². The van der Waals surface area contributed by atoms with Crippen LogP contribution in [0.2, 0.25) is 0 Å². The maximum atomic E-state index is 14.0. The number of piperazine rings is 1. The largest absolute Gasteiger partial charge is 0.416 e. The van der Waals surface area contributed by atoms with Gasteiger partial charge in [0.2, 0.25) is 21.8 Å². The number of sulfonamides is 1. The number of aromatic nitrogens is 1. The normalized spacial score (nSPS) is 22.7. The number of likely N-dealkylation sites (N-methyl/N-ethyl adjacent to an activating group) is 1. The lowest BCUT2D eigenvalue weighted by molar-refractivity contribution is -0.137. The molecule has 2 atom stereocenters. The summed E-state index contributed by atoms with van der Waals surface area (Å²) in [4.78, 5) is 38.6. The van der Waals surface area contributed by atoms with E-state index in [1.165, 1.54) is 22.4 Å². The predicted octanol–water partition coefficient (Wildman–Crippen LogP) is 2.50. The van der Waals surface area contributed by atoms with E-state index in [4.69, 9.17) is 0 Å². The summed E-state index contributed by atoms with van der Waals surface area (Å²) < 4.78 is 66.2. The van der Waals surface area contributed by atoms with Gasteiger partial charge in [0, 0.05) is 70.9 Å². The van der Waals surface area contributed by atoms with E-state index in [0.29, 0.717) is 51.5 Å².